The van der Waals surface area contributed by atoms with E-state index < -0.39 is 6.10 Å². The Labute approximate surface area is 88.8 Å². The highest BCUT2D eigenvalue weighted by molar-refractivity contribution is 9.10. The van der Waals surface area contributed by atoms with Crippen LogP contribution >= 0.6 is 15.9 Å². The van der Waals surface area contributed by atoms with E-state index in [1.807, 2.05) is 0 Å². The normalized spacial score (nSPS) is 19.6. The van der Waals surface area contributed by atoms with Crippen LogP contribution in [0.3, 0.4) is 0 Å². The van der Waals surface area contributed by atoms with Crippen LogP contribution in [0.2, 0.25) is 0 Å². The van der Waals surface area contributed by atoms with Crippen LogP contribution in [0.25, 0.3) is 0 Å². The maximum Gasteiger partial charge on any atom is 0.268 e. The molecule has 0 aromatic carbocycles. The van der Waals surface area contributed by atoms with Crippen molar-refractivity contribution in [2.75, 3.05) is 11.9 Å². The highest BCUT2D eigenvalue weighted by Gasteiger charge is 2.27. The van der Waals surface area contributed by atoms with Gasteiger partial charge in [-0.2, -0.15) is 0 Å². The minimum Gasteiger partial charge on any atom is -0.475 e. The number of pyridine rings is 1. The number of rotatable bonds is 1. The summed E-state index contributed by atoms with van der Waals surface area (Å²) in [5, 5.41) is 2.61. The van der Waals surface area contributed by atoms with Crippen molar-refractivity contribution in [2.45, 2.75) is 6.10 Å². The minimum absolute atomic E-state index is 0.151. The van der Waals surface area contributed by atoms with Crippen molar-refractivity contribution < 1.29 is 9.53 Å². The largest absolute Gasteiger partial charge is 0.475 e. The molecule has 1 aromatic heterocycles. The lowest BCUT2D eigenvalue weighted by Gasteiger charge is -2.23. The van der Waals surface area contributed by atoms with Crippen LogP contribution in [0.4, 0.5) is 5.82 Å². The van der Waals surface area contributed by atoms with E-state index in [-0.39, 0.29) is 12.5 Å². The lowest BCUT2D eigenvalue weighted by molar-refractivity contribution is -0.123. The van der Waals surface area contributed by atoms with Crippen LogP contribution in [0.1, 0.15) is 0 Å². The lowest BCUT2D eigenvalue weighted by atomic mass is 10.2. The molecule has 1 amide bonds. The molecule has 2 heterocycles. The van der Waals surface area contributed by atoms with Gasteiger partial charge in [-0.05, 0) is 22.0 Å². The third-order valence-corrected chi connectivity index (χ3v) is 2.27. The smallest absolute Gasteiger partial charge is 0.268 e. The lowest BCUT2D eigenvalue weighted by Crippen LogP contribution is -2.42. The first-order valence-corrected chi connectivity index (χ1v) is 4.83. The second-order valence-electron chi connectivity index (χ2n) is 2.83. The maximum atomic E-state index is 11.3. The van der Waals surface area contributed by atoms with E-state index in [4.69, 9.17) is 10.5 Å². The number of carbonyl (C=O) groups is 1. The zero-order valence-electron chi connectivity index (χ0n) is 7.16. The summed E-state index contributed by atoms with van der Waals surface area (Å²) in [6, 6.07) is 1.74. The van der Waals surface area contributed by atoms with E-state index in [9.17, 15) is 4.79 Å². The molecule has 1 aliphatic rings. The molecule has 6 heteroatoms. The van der Waals surface area contributed by atoms with Crippen LogP contribution in [0.15, 0.2) is 16.7 Å². The molecule has 74 valence electrons. The minimum atomic E-state index is -0.626. The van der Waals surface area contributed by atoms with E-state index in [0.29, 0.717) is 11.6 Å². The fourth-order valence-corrected chi connectivity index (χ4v) is 1.47. The van der Waals surface area contributed by atoms with Crippen molar-refractivity contribution in [3.8, 4) is 5.75 Å². The van der Waals surface area contributed by atoms with Gasteiger partial charge in [0.2, 0.25) is 0 Å². The van der Waals surface area contributed by atoms with E-state index in [2.05, 4.69) is 26.2 Å². The van der Waals surface area contributed by atoms with Gasteiger partial charge in [0, 0.05) is 17.2 Å². The molecule has 1 aliphatic heterocycles. The molecule has 0 radical (unpaired) electrons. The van der Waals surface area contributed by atoms with Gasteiger partial charge in [-0.3, -0.25) is 4.79 Å². The molecule has 1 unspecified atom stereocenters. The molecule has 0 spiro atoms. The Morgan fingerprint density at radius 2 is 2.50 bits per heavy atom. The Morgan fingerprint density at radius 1 is 1.71 bits per heavy atom. The summed E-state index contributed by atoms with van der Waals surface area (Å²) in [6.07, 6.45) is 0.962. The zero-order valence-corrected chi connectivity index (χ0v) is 8.74. The number of ether oxygens (including phenoxy) is 1. The van der Waals surface area contributed by atoms with Crippen LogP contribution in [0, 0.1) is 0 Å². The predicted octanol–water partition coefficient (Wildman–Crippen LogP) is 0.502. The van der Waals surface area contributed by atoms with E-state index in [1.165, 1.54) is 0 Å². The number of amides is 1. The molecule has 3 N–H and O–H groups in total. The molecule has 0 saturated carbocycles. The van der Waals surface area contributed by atoms with Crippen molar-refractivity contribution in [1.29, 1.82) is 0 Å². The van der Waals surface area contributed by atoms with Gasteiger partial charge in [-0.1, -0.05) is 0 Å². The molecule has 14 heavy (non-hydrogen) atoms. The van der Waals surface area contributed by atoms with Gasteiger partial charge in [-0.15, -0.1) is 0 Å². The van der Waals surface area contributed by atoms with Gasteiger partial charge in [-0.25, -0.2) is 4.98 Å². The van der Waals surface area contributed by atoms with E-state index in [1.54, 1.807) is 12.3 Å². The molecule has 5 nitrogen and oxygen atoms in total. The first-order valence-electron chi connectivity index (χ1n) is 4.04. The number of nitrogens with zero attached hydrogens (tertiary/aromatic N) is 1. The van der Waals surface area contributed by atoms with Crippen molar-refractivity contribution in [3.05, 3.63) is 16.7 Å². The van der Waals surface area contributed by atoms with Gasteiger partial charge >= 0.3 is 0 Å². The first kappa shape index (κ1) is 9.42. The Balaban J connectivity index is 2.36. The van der Waals surface area contributed by atoms with E-state index >= 15 is 0 Å². The van der Waals surface area contributed by atoms with Gasteiger partial charge < -0.3 is 15.8 Å². The first-order chi connectivity index (χ1) is 6.70. The standard InChI is InChI=1S/C8H8BrN3O2/c9-4-1-5-7(11-3-4)12-8(13)6(2-10)14-5/h1,3,6H,2,10H2,(H,11,12,13). The third kappa shape index (κ3) is 1.58. The van der Waals surface area contributed by atoms with Crippen molar-refractivity contribution in [1.82, 2.24) is 4.98 Å². The Kier molecular flexibility index (Phi) is 2.39. The zero-order chi connectivity index (χ0) is 10.1. The number of fused-ring (bicyclic) bond motifs is 1. The van der Waals surface area contributed by atoms with Gasteiger partial charge in [0.15, 0.2) is 17.7 Å². The number of hydrogen-bond donors (Lipinski definition) is 2. The molecular formula is C8H8BrN3O2. The molecule has 0 saturated heterocycles. The second kappa shape index (κ2) is 3.55. The average Bonchev–Trinajstić information content (AvgIpc) is 2.17. The molecule has 2 rings (SSSR count). The highest BCUT2D eigenvalue weighted by Crippen LogP contribution is 2.29. The maximum absolute atomic E-state index is 11.3. The summed E-state index contributed by atoms with van der Waals surface area (Å²) in [7, 11) is 0. The third-order valence-electron chi connectivity index (χ3n) is 1.84. The van der Waals surface area contributed by atoms with Gasteiger partial charge in [0.05, 0.1) is 0 Å². The van der Waals surface area contributed by atoms with Crippen molar-refractivity contribution in [2.24, 2.45) is 5.73 Å². The summed E-state index contributed by atoms with van der Waals surface area (Å²) in [4.78, 5) is 15.3. The molecular weight excluding hydrogens is 250 g/mol. The van der Waals surface area contributed by atoms with Crippen LogP contribution < -0.4 is 15.8 Å². The molecule has 0 bridgehead atoms. The summed E-state index contributed by atoms with van der Waals surface area (Å²) >= 11 is 3.26. The number of hydrogen-bond acceptors (Lipinski definition) is 4. The van der Waals surface area contributed by atoms with Gasteiger partial charge in [0.1, 0.15) is 0 Å². The topological polar surface area (TPSA) is 77.2 Å². The fraction of sp³-hybridized carbons (Fsp3) is 0.250. The summed E-state index contributed by atoms with van der Waals surface area (Å²) in [6.45, 7) is 0.151. The quantitative estimate of drug-likeness (QED) is 0.769. The van der Waals surface area contributed by atoms with Crippen LogP contribution in [-0.4, -0.2) is 23.5 Å². The summed E-state index contributed by atoms with van der Waals surface area (Å²) < 4.78 is 6.14. The number of nitrogens with one attached hydrogen (secondary N) is 1. The molecule has 1 atom stereocenters. The highest BCUT2D eigenvalue weighted by atomic mass is 79.9. The fourth-order valence-electron chi connectivity index (χ4n) is 1.16. The SMILES string of the molecule is NCC1Oc2cc(Br)cnc2NC1=O. The van der Waals surface area contributed by atoms with Crippen molar-refractivity contribution >= 4 is 27.7 Å². The van der Waals surface area contributed by atoms with Crippen LogP contribution in [0.5, 0.6) is 5.75 Å². The van der Waals surface area contributed by atoms with Crippen LogP contribution in [-0.2, 0) is 4.79 Å². The Morgan fingerprint density at radius 3 is 3.21 bits per heavy atom. The number of halogens is 1. The number of anilines is 1. The molecule has 1 aromatic rings. The second-order valence-corrected chi connectivity index (χ2v) is 3.75. The van der Waals surface area contributed by atoms with Crippen molar-refractivity contribution in [3.63, 3.8) is 0 Å². The number of nitrogens with two attached hydrogens (primary N) is 1. The Hall–Kier alpha value is -1.14. The van der Waals surface area contributed by atoms with E-state index in [0.717, 1.165) is 4.47 Å². The summed E-state index contributed by atoms with van der Waals surface area (Å²) in [5.74, 6) is 0.715. The summed E-state index contributed by atoms with van der Waals surface area (Å²) in [5.41, 5.74) is 5.37. The number of carbonyl (C=O) groups excluding carboxylic acids is 1. The molecule has 0 fully saturated rings. The molecule has 0 aliphatic carbocycles. The Bertz CT molecular complexity index is 383. The average molecular weight is 258 g/mol. The number of aromatic nitrogens is 1. The monoisotopic (exact) mass is 257 g/mol. The predicted molar refractivity (Wildman–Crippen MR) is 54.0 cm³/mol. The van der Waals surface area contributed by atoms with Gasteiger partial charge in [0.25, 0.3) is 5.91 Å².